The van der Waals surface area contributed by atoms with E-state index in [4.69, 9.17) is 39.8 Å². The Morgan fingerprint density at radius 1 is 0.971 bits per heavy atom. The van der Waals surface area contributed by atoms with Gasteiger partial charge in [0.05, 0.1) is 26.4 Å². The van der Waals surface area contributed by atoms with Gasteiger partial charge in [-0.05, 0) is 71.5 Å². The van der Waals surface area contributed by atoms with Crippen LogP contribution >= 0.6 is 50.7 Å². The number of benzene rings is 2. The Morgan fingerprint density at radius 2 is 1.76 bits per heavy atom. The maximum atomic E-state index is 6.45. The van der Waals surface area contributed by atoms with Gasteiger partial charge in [-0.2, -0.15) is 9.61 Å². The molecule has 5 nitrogen and oxygen atoms in total. The summed E-state index contributed by atoms with van der Waals surface area (Å²) in [5.74, 6) is 1.49. The topological polar surface area (TPSA) is 45.5 Å². The van der Waals surface area contributed by atoms with Gasteiger partial charge < -0.3 is 5.32 Å². The second kappa shape index (κ2) is 10.4. The molecule has 0 aliphatic carbocycles. The molecule has 176 valence electrons. The van der Waals surface area contributed by atoms with E-state index >= 15 is 0 Å². The van der Waals surface area contributed by atoms with Crippen LogP contribution in [0.3, 0.4) is 0 Å². The van der Waals surface area contributed by atoms with Crippen LogP contribution < -0.4 is 5.32 Å². The van der Waals surface area contributed by atoms with Gasteiger partial charge in [0.25, 0.3) is 0 Å². The largest absolute Gasteiger partial charge is 0.370 e. The van der Waals surface area contributed by atoms with Crippen LogP contribution in [0.25, 0.3) is 16.9 Å². The Kier molecular flexibility index (Phi) is 7.32. The van der Waals surface area contributed by atoms with E-state index in [9.17, 15) is 0 Å². The Morgan fingerprint density at radius 3 is 2.53 bits per heavy atom. The van der Waals surface area contributed by atoms with Gasteiger partial charge in [-0.15, -0.1) is 0 Å². The zero-order chi connectivity index (χ0) is 23.7. The zero-order valence-corrected chi connectivity index (χ0v) is 22.2. The summed E-state index contributed by atoms with van der Waals surface area (Å²) in [7, 11) is 0. The fourth-order valence-electron chi connectivity index (χ4n) is 4.36. The normalized spacial score (nSPS) is 15.2. The highest BCUT2D eigenvalue weighted by molar-refractivity contribution is 9.10. The first-order valence-corrected chi connectivity index (χ1v) is 13.1. The summed E-state index contributed by atoms with van der Waals surface area (Å²) >= 11 is 22.2. The average Bonchev–Trinajstić information content (AvgIpc) is 3.22. The number of hydrogen-bond donors (Lipinski definition) is 1. The van der Waals surface area contributed by atoms with E-state index in [1.807, 2.05) is 47.0 Å². The molecule has 0 atom stereocenters. The van der Waals surface area contributed by atoms with Crippen LogP contribution in [0.15, 0.2) is 59.2 Å². The third kappa shape index (κ3) is 5.21. The molecule has 0 radical (unpaired) electrons. The van der Waals surface area contributed by atoms with Crippen molar-refractivity contribution in [3.05, 3.63) is 79.8 Å². The highest BCUT2D eigenvalue weighted by Gasteiger charge is 2.20. The maximum Gasteiger partial charge on any atom is 0.172 e. The lowest BCUT2D eigenvalue weighted by Crippen LogP contribution is -2.35. The fourth-order valence-corrected chi connectivity index (χ4v) is 5.26. The van der Waals surface area contributed by atoms with E-state index in [2.05, 4.69) is 37.3 Å². The molecule has 4 aromatic rings. The monoisotopic (exact) mass is 577 g/mol. The molecule has 0 spiro atoms. The summed E-state index contributed by atoms with van der Waals surface area (Å²) < 4.78 is 2.68. The number of aromatic nitrogens is 3. The van der Waals surface area contributed by atoms with Gasteiger partial charge in [0.15, 0.2) is 5.65 Å². The number of halogens is 4. The van der Waals surface area contributed by atoms with E-state index in [0.29, 0.717) is 21.0 Å². The molecule has 0 unspecified atom stereocenters. The summed E-state index contributed by atoms with van der Waals surface area (Å²) in [6, 6.07) is 15.7. The van der Waals surface area contributed by atoms with Crippen molar-refractivity contribution in [2.75, 3.05) is 25.0 Å². The molecule has 9 heteroatoms. The third-order valence-corrected chi connectivity index (χ3v) is 7.88. The molecule has 2 aromatic heterocycles. The maximum absolute atomic E-state index is 6.45. The number of nitrogens with zero attached hydrogens (tertiary/aromatic N) is 4. The lowest BCUT2D eigenvalue weighted by Gasteiger charge is -2.32. The van der Waals surface area contributed by atoms with Gasteiger partial charge in [0, 0.05) is 29.7 Å². The van der Waals surface area contributed by atoms with Gasteiger partial charge in [-0.3, -0.25) is 4.90 Å². The number of nitrogens with one attached hydrogen (secondary N) is 1. The number of anilines is 1. The van der Waals surface area contributed by atoms with E-state index in [-0.39, 0.29) is 0 Å². The summed E-state index contributed by atoms with van der Waals surface area (Å²) in [6.45, 7) is 3.87. The predicted octanol–water partition coefficient (Wildman–Crippen LogP) is 7.44. The fraction of sp³-hybridized carbons (Fsp3) is 0.280. The SMILES string of the molecule is Clc1ccc(CN2CCC(CNc3cc(-c4ccccc4Cl)nc4c(Br)cnn34)CC2)cc1Cl. The van der Waals surface area contributed by atoms with Crippen molar-refractivity contribution in [2.45, 2.75) is 19.4 Å². The number of piperidine rings is 1. The lowest BCUT2D eigenvalue weighted by molar-refractivity contribution is 0.182. The number of fused-ring (bicyclic) bond motifs is 1. The minimum atomic E-state index is 0.580. The molecule has 5 rings (SSSR count). The van der Waals surface area contributed by atoms with E-state index in [1.54, 1.807) is 6.20 Å². The molecule has 1 N–H and O–H groups in total. The molecule has 0 saturated carbocycles. The first kappa shape index (κ1) is 23.9. The smallest absolute Gasteiger partial charge is 0.172 e. The average molecular weight is 580 g/mol. The van der Waals surface area contributed by atoms with Crippen molar-refractivity contribution in [3.8, 4) is 11.3 Å². The zero-order valence-electron chi connectivity index (χ0n) is 18.3. The first-order chi connectivity index (χ1) is 16.5. The Hall–Kier alpha value is -1.83. The van der Waals surface area contributed by atoms with Gasteiger partial charge in [-0.1, -0.05) is 59.1 Å². The number of likely N-dealkylation sites (tertiary alicyclic amines) is 1. The van der Waals surface area contributed by atoms with Gasteiger partial charge in [0.2, 0.25) is 0 Å². The van der Waals surface area contributed by atoms with Crippen molar-refractivity contribution < 1.29 is 0 Å². The van der Waals surface area contributed by atoms with Crippen LogP contribution in [0.4, 0.5) is 5.82 Å². The second-order valence-corrected chi connectivity index (χ2v) is 10.7. The third-order valence-electron chi connectivity index (χ3n) is 6.25. The van der Waals surface area contributed by atoms with Crippen molar-refractivity contribution in [1.82, 2.24) is 19.5 Å². The molecule has 0 bridgehead atoms. The quantitative estimate of drug-likeness (QED) is 0.258. The molecule has 1 aliphatic heterocycles. The Balaban J connectivity index is 1.26. The predicted molar refractivity (Wildman–Crippen MR) is 144 cm³/mol. The van der Waals surface area contributed by atoms with E-state index in [0.717, 1.165) is 66.2 Å². The van der Waals surface area contributed by atoms with Crippen molar-refractivity contribution in [1.29, 1.82) is 0 Å². The molecular weight excluding hydrogens is 557 g/mol. The molecule has 3 heterocycles. The summed E-state index contributed by atoms with van der Waals surface area (Å²) in [6.07, 6.45) is 4.02. The lowest BCUT2D eigenvalue weighted by atomic mass is 9.96. The van der Waals surface area contributed by atoms with E-state index < -0.39 is 0 Å². The molecule has 1 fully saturated rings. The Bertz CT molecular complexity index is 1320. The first-order valence-electron chi connectivity index (χ1n) is 11.2. The standard InChI is InChI=1S/C25H23BrCl3N5/c26-19-14-31-34-24(12-23(32-25(19)34)18-3-1-2-4-20(18)27)30-13-16-7-9-33(10-8-16)15-17-5-6-21(28)22(29)11-17/h1-6,11-12,14,16,30H,7-10,13,15H2. The van der Waals surface area contributed by atoms with Crippen LogP contribution in [0.5, 0.6) is 0 Å². The van der Waals surface area contributed by atoms with Gasteiger partial charge >= 0.3 is 0 Å². The minimum Gasteiger partial charge on any atom is -0.370 e. The van der Waals surface area contributed by atoms with Crippen LogP contribution in [0.2, 0.25) is 15.1 Å². The van der Waals surface area contributed by atoms with Crippen LogP contribution in [-0.2, 0) is 6.54 Å². The molecule has 1 saturated heterocycles. The van der Waals surface area contributed by atoms with Crippen molar-refractivity contribution in [2.24, 2.45) is 5.92 Å². The Labute approximate surface area is 222 Å². The molecule has 34 heavy (non-hydrogen) atoms. The van der Waals surface area contributed by atoms with Crippen LogP contribution in [0.1, 0.15) is 18.4 Å². The molecule has 2 aromatic carbocycles. The summed E-state index contributed by atoms with van der Waals surface area (Å²) in [4.78, 5) is 7.26. The molecule has 0 amide bonds. The van der Waals surface area contributed by atoms with Crippen molar-refractivity contribution >= 4 is 62.2 Å². The summed E-state index contributed by atoms with van der Waals surface area (Å²) in [5.41, 5.74) is 3.68. The van der Waals surface area contributed by atoms with Crippen LogP contribution in [-0.4, -0.2) is 39.1 Å². The minimum absolute atomic E-state index is 0.580. The van der Waals surface area contributed by atoms with E-state index in [1.165, 1.54) is 5.56 Å². The highest BCUT2D eigenvalue weighted by atomic mass is 79.9. The van der Waals surface area contributed by atoms with Gasteiger partial charge in [0.1, 0.15) is 5.82 Å². The highest BCUT2D eigenvalue weighted by Crippen LogP contribution is 2.31. The van der Waals surface area contributed by atoms with Gasteiger partial charge in [-0.25, -0.2) is 4.98 Å². The van der Waals surface area contributed by atoms with Crippen LogP contribution in [0, 0.1) is 5.92 Å². The second-order valence-electron chi connectivity index (χ2n) is 8.58. The molecule has 1 aliphatic rings. The van der Waals surface area contributed by atoms with Crippen molar-refractivity contribution in [3.63, 3.8) is 0 Å². The number of rotatable bonds is 6. The molecular formula is C25H23BrCl3N5. The number of hydrogen-bond acceptors (Lipinski definition) is 4. The summed E-state index contributed by atoms with van der Waals surface area (Å²) in [5, 5.41) is 10.0.